The zero-order valence-electron chi connectivity index (χ0n) is 9.21. The average Bonchev–Trinajstić information content (AvgIpc) is 2.85. The molecule has 0 spiro atoms. The van der Waals surface area contributed by atoms with Crippen LogP contribution in [0.2, 0.25) is 0 Å². The molecule has 1 aromatic heterocycles. The molecule has 1 amide bonds. The molecule has 0 unspecified atom stereocenters. The van der Waals surface area contributed by atoms with E-state index in [0.717, 1.165) is 11.5 Å². The summed E-state index contributed by atoms with van der Waals surface area (Å²) < 4.78 is 9.05. The normalized spacial score (nSPS) is 9.94. The van der Waals surface area contributed by atoms with Gasteiger partial charge in [0.15, 0.2) is 5.69 Å². The Morgan fingerprint density at radius 1 is 1.47 bits per heavy atom. The van der Waals surface area contributed by atoms with Gasteiger partial charge in [-0.1, -0.05) is 16.6 Å². The maximum absolute atomic E-state index is 11.8. The summed E-state index contributed by atoms with van der Waals surface area (Å²) in [5.41, 5.74) is 0.939. The van der Waals surface area contributed by atoms with Crippen LogP contribution in [0.4, 0.5) is 5.69 Å². The highest BCUT2D eigenvalue weighted by molar-refractivity contribution is 7.03. The molecule has 17 heavy (non-hydrogen) atoms. The summed E-state index contributed by atoms with van der Waals surface area (Å²) in [6, 6.07) is 7.27. The highest BCUT2D eigenvalue weighted by atomic mass is 32.1. The number of hydrogen-bond acceptors (Lipinski definition) is 5. The van der Waals surface area contributed by atoms with Crippen molar-refractivity contribution in [2.24, 2.45) is 0 Å². The molecule has 0 aliphatic heterocycles. The van der Waals surface area contributed by atoms with Crippen LogP contribution in [0.15, 0.2) is 29.6 Å². The molecule has 0 aliphatic carbocycles. The minimum atomic E-state index is -0.286. The molecule has 0 fully saturated rings. The van der Waals surface area contributed by atoms with Crippen molar-refractivity contribution >= 4 is 23.1 Å². The lowest BCUT2D eigenvalue weighted by atomic mass is 10.3. The van der Waals surface area contributed by atoms with Crippen LogP contribution >= 0.6 is 11.5 Å². The summed E-state index contributed by atoms with van der Waals surface area (Å²) in [6.07, 6.45) is 0. The minimum absolute atomic E-state index is 0.286. The number of carbonyl (C=O) groups is 1. The van der Waals surface area contributed by atoms with Crippen LogP contribution in [0.25, 0.3) is 0 Å². The second-order valence-electron chi connectivity index (χ2n) is 3.17. The molecule has 0 bridgehead atoms. The van der Waals surface area contributed by atoms with Gasteiger partial charge in [0.25, 0.3) is 5.91 Å². The van der Waals surface area contributed by atoms with Crippen LogP contribution in [0.3, 0.4) is 0 Å². The van der Waals surface area contributed by atoms with Gasteiger partial charge in [0.1, 0.15) is 5.75 Å². The first kappa shape index (κ1) is 11.5. The molecule has 2 rings (SSSR count). The standard InChI is InChI=1S/C11H11N3O2S/c1-2-16-10-6-4-3-5-8(10)12-11(15)9-7-17-14-13-9/h3-7H,2H2,1H3,(H,12,15). The van der Waals surface area contributed by atoms with Crippen LogP contribution < -0.4 is 10.1 Å². The Hall–Kier alpha value is -1.95. The molecule has 5 nitrogen and oxygen atoms in total. The van der Waals surface area contributed by atoms with E-state index in [1.807, 2.05) is 19.1 Å². The number of ether oxygens (including phenoxy) is 1. The monoisotopic (exact) mass is 249 g/mol. The summed E-state index contributed by atoms with van der Waals surface area (Å²) in [6.45, 7) is 2.44. The molecule has 6 heteroatoms. The number of nitrogens with zero attached hydrogens (tertiary/aromatic N) is 2. The van der Waals surface area contributed by atoms with Gasteiger partial charge in [-0.2, -0.15) is 0 Å². The number of aromatic nitrogens is 2. The Bertz CT molecular complexity index is 499. The quantitative estimate of drug-likeness (QED) is 0.902. The molecule has 1 heterocycles. The zero-order valence-corrected chi connectivity index (χ0v) is 10.0. The fraction of sp³-hybridized carbons (Fsp3) is 0.182. The molecule has 1 aromatic carbocycles. The lowest BCUT2D eigenvalue weighted by Crippen LogP contribution is -2.13. The van der Waals surface area contributed by atoms with Crippen molar-refractivity contribution in [1.82, 2.24) is 9.59 Å². The van der Waals surface area contributed by atoms with Crippen molar-refractivity contribution < 1.29 is 9.53 Å². The Labute approximate surface area is 103 Å². The van der Waals surface area contributed by atoms with E-state index in [1.54, 1.807) is 17.5 Å². The van der Waals surface area contributed by atoms with Crippen LogP contribution in [0, 0.1) is 0 Å². The van der Waals surface area contributed by atoms with E-state index in [9.17, 15) is 4.79 Å². The van der Waals surface area contributed by atoms with E-state index in [1.165, 1.54) is 0 Å². The molecule has 1 N–H and O–H groups in total. The molecule has 0 saturated heterocycles. The van der Waals surface area contributed by atoms with Crippen LogP contribution in [0.5, 0.6) is 5.75 Å². The Balaban J connectivity index is 2.15. The number of para-hydroxylation sites is 2. The molecular weight excluding hydrogens is 238 g/mol. The molecule has 0 saturated carbocycles. The first-order valence-corrected chi connectivity index (χ1v) is 5.95. The fourth-order valence-corrected chi connectivity index (χ4v) is 1.74. The van der Waals surface area contributed by atoms with E-state index >= 15 is 0 Å². The third kappa shape index (κ3) is 2.79. The number of amides is 1. The molecular formula is C11H11N3O2S. The SMILES string of the molecule is CCOc1ccccc1NC(=O)c1csnn1. The third-order valence-electron chi connectivity index (χ3n) is 2.03. The lowest BCUT2D eigenvalue weighted by molar-refractivity contribution is 0.102. The lowest BCUT2D eigenvalue weighted by Gasteiger charge is -2.09. The number of benzene rings is 1. The smallest absolute Gasteiger partial charge is 0.277 e. The van der Waals surface area contributed by atoms with Crippen LogP contribution in [0.1, 0.15) is 17.4 Å². The van der Waals surface area contributed by atoms with Gasteiger partial charge < -0.3 is 10.1 Å². The summed E-state index contributed by atoms with van der Waals surface area (Å²) in [4.78, 5) is 11.8. The van der Waals surface area contributed by atoms with Crippen molar-refractivity contribution in [1.29, 1.82) is 0 Å². The minimum Gasteiger partial charge on any atom is -0.492 e. The predicted octanol–water partition coefficient (Wildman–Crippen LogP) is 2.19. The van der Waals surface area contributed by atoms with E-state index in [-0.39, 0.29) is 5.91 Å². The van der Waals surface area contributed by atoms with Crippen LogP contribution in [-0.2, 0) is 0 Å². The fourth-order valence-electron chi connectivity index (χ4n) is 1.30. The van der Waals surface area contributed by atoms with Gasteiger partial charge in [-0.15, -0.1) is 5.10 Å². The highest BCUT2D eigenvalue weighted by Crippen LogP contribution is 2.24. The van der Waals surface area contributed by atoms with Crippen molar-refractivity contribution in [2.45, 2.75) is 6.92 Å². The second kappa shape index (κ2) is 5.40. The van der Waals surface area contributed by atoms with Crippen LogP contribution in [-0.4, -0.2) is 22.1 Å². The van der Waals surface area contributed by atoms with Gasteiger partial charge in [-0.3, -0.25) is 4.79 Å². The maximum atomic E-state index is 11.8. The summed E-state index contributed by atoms with van der Waals surface area (Å²) in [5.74, 6) is 0.359. The predicted molar refractivity (Wildman–Crippen MR) is 65.5 cm³/mol. The summed E-state index contributed by atoms with van der Waals surface area (Å²) in [7, 11) is 0. The molecule has 2 aromatic rings. The number of nitrogens with one attached hydrogen (secondary N) is 1. The Kier molecular flexibility index (Phi) is 3.66. The van der Waals surface area contributed by atoms with Crippen molar-refractivity contribution in [3.05, 3.63) is 35.3 Å². The first-order chi connectivity index (χ1) is 8.31. The number of rotatable bonds is 4. The average molecular weight is 249 g/mol. The molecule has 0 aliphatic rings. The van der Waals surface area contributed by atoms with Crippen molar-refractivity contribution in [3.8, 4) is 5.75 Å². The third-order valence-corrected chi connectivity index (χ3v) is 2.53. The molecule has 0 radical (unpaired) electrons. The maximum Gasteiger partial charge on any atom is 0.277 e. The number of hydrogen-bond donors (Lipinski definition) is 1. The van der Waals surface area contributed by atoms with E-state index in [4.69, 9.17) is 4.74 Å². The summed E-state index contributed by atoms with van der Waals surface area (Å²) >= 11 is 1.14. The Morgan fingerprint density at radius 3 is 3.00 bits per heavy atom. The van der Waals surface area contributed by atoms with Gasteiger partial charge >= 0.3 is 0 Å². The van der Waals surface area contributed by atoms with Gasteiger partial charge in [-0.25, -0.2) is 0 Å². The van der Waals surface area contributed by atoms with Crippen molar-refractivity contribution in [2.75, 3.05) is 11.9 Å². The van der Waals surface area contributed by atoms with Crippen molar-refractivity contribution in [3.63, 3.8) is 0 Å². The highest BCUT2D eigenvalue weighted by Gasteiger charge is 2.11. The Morgan fingerprint density at radius 2 is 2.29 bits per heavy atom. The summed E-state index contributed by atoms with van der Waals surface area (Å²) in [5, 5.41) is 8.04. The van der Waals surface area contributed by atoms with E-state index in [0.29, 0.717) is 23.7 Å². The van der Waals surface area contributed by atoms with E-state index < -0.39 is 0 Å². The second-order valence-corrected chi connectivity index (χ2v) is 3.78. The number of carbonyl (C=O) groups excluding carboxylic acids is 1. The van der Waals surface area contributed by atoms with Gasteiger partial charge in [0, 0.05) is 5.38 Å². The van der Waals surface area contributed by atoms with E-state index in [2.05, 4.69) is 14.9 Å². The van der Waals surface area contributed by atoms with Gasteiger partial charge in [-0.05, 0) is 30.6 Å². The topological polar surface area (TPSA) is 64.1 Å². The van der Waals surface area contributed by atoms with Gasteiger partial charge in [0.2, 0.25) is 0 Å². The zero-order chi connectivity index (χ0) is 12.1. The first-order valence-electron chi connectivity index (χ1n) is 5.11. The number of anilines is 1. The molecule has 0 atom stereocenters. The largest absolute Gasteiger partial charge is 0.492 e. The molecule has 88 valence electrons. The van der Waals surface area contributed by atoms with Gasteiger partial charge in [0.05, 0.1) is 12.3 Å².